The van der Waals surface area contributed by atoms with E-state index in [1.54, 1.807) is 12.1 Å². The van der Waals surface area contributed by atoms with Crippen LogP contribution in [0.5, 0.6) is 0 Å². The molecule has 0 spiro atoms. The lowest BCUT2D eigenvalue weighted by molar-refractivity contribution is -0.137. The molecule has 0 atom stereocenters. The van der Waals surface area contributed by atoms with Crippen LogP contribution >= 0.6 is 11.6 Å². The zero-order chi connectivity index (χ0) is 22.1. The second-order valence-electron chi connectivity index (χ2n) is 7.87. The van der Waals surface area contributed by atoms with Gasteiger partial charge in [0, 0.05) is 23.0 Å². The minimum Gasteiger partial charge on any atom is -0.322 e. The molecule has 30 heavy (non-hydrogen) atoms. The summed E-state index contributed by atoms with van der Waals surface area (Å²) < 4.78 is 39.8. The number of nitrogens with one attached hydrogen (secondary N) is 1. The molecule has 3 nitrogen and oxygen atoms in total. The van der Waals surface area contributed by atoms with Crippen molar-refractivity contribution in [3.8, 4) is 11.3 Å². The predicted octanol–water partition coefficient (Wildman–Crippen LogP) is 6.97. The molecule has 0 unspecified atom stereocenters. The van der Waals surface area contributed by atoms with Gasteiger partial charge in [0.25, 0.3) is 5.91 Å². The second-order valence-corrected chi connectivity index (χ2v) is 8.28. The lowest BCUT2D eigenvalue weighted by Crippen LogP contribution is -2.14. The third-order valence-corrected chi connectivity index (χ3v) is 4.92. The van der Waals surface area contributed by atoms with E-state index in [0.717, 1.165) is 11.6 Å². The molecule has 0 saturated carbocycles. The Morgan fingerprint density at radius 1 is 1.00 bits per heavy atom. The summed E-state index contributed by atoms with van der Waals surface area (Å²) in [5.74, 6) is -0.413. The van der Waals surface area contributed by atoms with Crippen molar-refractivity contribution in [3.63, 3.8) is 0 Å². The molecule has 3 aromatic rings. The maximum absolute atomic E-state index is 13.3. The van der Waals surface area contributed by atoms with Crippen LogP contribution in [-0.2, 0) is 11.6 Å². The molecule has 156 valence electrons. The topological polar surface area (TPSA) is 42.0 Å². The first-order chi connectivity index (χ1) is 14.0. The normalized spacial score (nSPS) is 12.0. The molecule has 0 aliphatic rings. The van der Waals surface area contributed by atoms with Gasteiger partial charge in [-0.25, -0.2) is 0 Å². The Morgan fingerprint density at radius 3 is 2.23 bits per heavy atom. The van der Waals surface area contributed by atoms with Crippen molar-refractivity contribution < 1.29 is 18.0 Å². The van der Waals surface area contributed by atoms with Crippen LogP contribution in [0.25, 0.3) is 11.3 Å². The number of alkyl halides is 3. The van der Waals surface area contributed by atoms with E-state index in [1.165, 1.54) is 30.5 Å². The highest BCUT2D eigenvalue weighted by molar-refractivity contribution is 6.33. The number of halogens is 4. The maximum Gasteiger partial charge on any atom is 0.418 e. The fourth-order valence-electron chi connectivity index (χ4n) is 2.95. The lowest BCUT2D eigenvalue weighted by atomic mass is 9.87. The van der Waals surface area contributed by atoms with Crippen LogP contribution in [0.2, 0.25) is 5.02 Å². The van der Waals surface area contributed by atoms with Crippen molar-refractivity contribution in [1.82, 2.24) is 4.98 Å². The van der Waals surface area contributed by atoms with Gasteiger partial charge >= 0.3 is 6.18 Å². The molecule has 0 fully saturated rings. The number of nitrogens with zero attached hydrogens (tertiary/aromatic N) is 1. The Morgan fingerprint density at radius 2 is 1.67 bits per heavy atom. The van der Waals surface area contributed by atoms with Crippen molar-refractivity contribution in [1.29, 1.82) is 0 Å². The van der Waals surface area contributed by atoms with Crippen molar-refractivity contribution in [3.05, 3.63) is 82.5 Å². The highest BCUT2D eigenvalue weighted by Crippen LogP contribution is 2.38. The maximum atomic E-state index is 13.3. The molecule has 1 N–H and O–H groups in total. The van der Waals surface area contributed by atoms with Crippen molar-refractivity contribution in [2.24, 2.45) is 0 Å². The fourth-order valence-corrected chi connectivity index (χ4v) is 3.22. The first-order valence-electron chi connectivity index (χ1n) is 9.21. The molecule has 0 aliphatic heterocycles. The lowest BCUT2D eigenvalue weighted by Gasteiger charge is -2.19. The van der Waals surface area contributed by atoms with Crippen LogP contribution in [-0.4, -0.2) is 10.9 Å². The first-order valence-corrected chi connectivity index (χ1v) is 9.58. The van der Waals surface area contributed by atoms with Crippen molar-refractivity contribution in [2.75, 3.05) is 5.32 Å². The van der Waals surface area contributed by atoms with Crippen molar-refractivity contribution in [2.45, 2.75) is 32.4 Å². The van der Waals surface area contributed by atoms with Gasteiger partial charge < -0.3 is 5.32 Å². The van der Waals surface area contributed by atoms with Crippen LogP contribution in [0.15, 0.2) is 60.8 Å². The van der Waals surface area contributed by atoms with E-state index >= 15 is 0 Å². The third-order valence-electron chi connectivity index (χ3n) is 4.61. The van der Waals surface area contributed by atoms with E-state index in [1.807, 2.05) is 12.1 Å². The number of rotatable bonds is 3. The minimum absolute atomic E-state index is 0.00730. The monoisotopic (exact) mass is 432 g/mol. The zero-order valence-electron chi connectivity index (χ0n) is 16.6. The van der Waals surface area contributed by atoms with Crippen LogP contribution in [0.1, 0.15) is 42.3 Å². The highest BCUT2D eigenvalue weighted by Gasteiger charge is 2.34. The molecule has 1 aromatic heterocycles. The number of carbonyl (C=O) groups is 1. The highest BCUT2D eigenvalue weighted by atomic mass is 35.5. The molecule has 1 heterocycles. The Bertz CT molecular complexity index is 1070. The van der Waals surface area contributed by atoms with Crippen LogP contribution < -0.4 is 5.32 Å². The zero-order valence-corrected chi connectivity index (χ0v) is 17.4. The van der Waals surface area contributed by atoms with Gasteiger partial charge in [0.15, 0.2) is 0 Å². The van der Waals surface area contributed by atoms with E-state index < -0.39 is 17.6 Å². The largest absolute Gasteiger partial charge is 0.418 e. The average molecular weight is 433 g/mol. The summed E-state index contributed by atoms with van der Waals surface area (Å²) in [6.45, 7) is 6.28. The summed E-state index contributed by atoms with van der Waals surface area (Å²) in [6.07, 6.45) is -3.30. The Balaban J connectivity index is 1.85. The third kappa shape index (κ3) is 4.82. The first kappa shape index (κ1) is 21.8. The molecular formula is C23H20ClF3N2O. The number of pyridine rings is 1. The van der Waals surface area contributed by atoms with E-state index in [9.17, 15) is 18.0 Å². The fraction of sp³-hybridized carbons (Fsp3) is 0.217. The summed E-state index contributed by atoms with van der Waals surface area (Å²) in [6, 6.07) is 13.8. The molecule has 2 aromatic carbocycles. The molecule has 0 radical (unpaired) electrons. The van der Waals surface area contributed by atoms with E-state index in [-0.39, 0.29) is 27.3 Å². The number of benzene rings is 2. The minimum atomic E-state index is -4.57. The molecule has 0 bridgehead atoms. The Hall–Kier alpha value is -2.86. The van der Waals surface area contributed by atoms with Gasteiger partial charge in [-0.2, -0.15) is 13.2 Å². The summed E-state index contributed by atoms with van der Waals surface area (Å²) in [7, 11) is 0. The second kappa shape index (κ2) is 8.11. The summed E-state index contributed by atoms with van der Waals surface area (Å²) >= 11 is 6.22. The summed E-state index contributed by atoms with van der Waals surface area (Å²) in [5.41, 5.74) is 0.902. The number of hydrogen-bond acceptors (Lipinski definition) is 2. The van der Waals surface area contributed by atoms with E-state index in [0.29, 0.717) is 5.69 Å². The summed E-state index contributed by atoms with van der Waals surface area (Å²) in [5, 5.41) is 2.77. The van der Waals surface area contributed by atoms with Crippen molar-refractivity contribution >= 4 is 23.2 Å². The van der Waals surface area contributed by atoms with Crippen LogP contribution in [0.3, 0.4) is 0 Å². The molecule has 3 rings (SSSR count). The average Bonchev–Trinajstić information content (AvgIpc) is 2.67. The molecule has 0 aliphatic carbocycles. The Kier molecular flexibility index (Phi) is 5.90. The Labute approximate surface area is 177 Å². The van der Waals surface area contributed by atoms with Gasteiger partial charge in [-0.3, -0.25) is 9.78 Å². The van der Waals surface area contributed by atoms with Gasteiger partial charge in [-0.15, -0.1) is 0 Å². The number of carbonyl (C=O) groups excluding carboxylic acids is 1. The standard InChI is InChI=1S/C23H20ClF3N2O/c1-22(2,3)15-7-9-16(10-8-15)29-21(30)14-6-11-17(19(24)13-14)20-18(23(25,26)27)5-4-12-28-20/h4-13H,1-3H3,(H,29,30). The quantitative estimate of drug-likeness (QED) is 0.485. The van der Waals surface area contributed by atoms with E-state index in [4.69, 9.17) is 11.6 Å². The van der Waals surface area contributed by atoms with Gasteiger partial charge in [0.2, 0.25) is 0 Å². The molecular weight excluding hydrogens is 413 g/mol. The molecule has 1 amide bonds. The molecule has 7 heteroatoms. The van der Waals surface area contributed by atoms with Crippen LogP contribution in [0, 0.1) is 0 Å². The number of aromatic nitrogens is 1. The van der Waals surface area contributed by atoms with Gasteiger partial charge in [0.05, 0.1) is 16.3 Å². The van der Waals surface area contributed by atoms with E-state index in [2.05, 4.69) is 31.1 Å². The summed E-state index contributed by atoms with van der Waals surface area (Å²) in [4.78, 5) is 16.4. The smallest absolute Gasteiger partial charge is 0.322 e. The van der Waals surface area contributed by atoms with Gasteiger partial charge in [-0.1, -0.05) is 50.6 Å². The number of anilines is 1. The SMILES string of the molecule is CC(C)(C)c1ccc(NC(=O)c2ccc(-c3ncccc3C(F)(F)F)c(Cl)c2)cc1. The van der Waals surface area contributed by atoms with Gasteiger partial charge in [-0.05, 0) is 47.4 Å². The van der Waals surface area contributed by atoms with Crippen LogP contribution in [0.4, 0.5) is 18.9 Å². The predicted molar refractivity (Wildman–Crippen MR) is 113 cm³/mol. The van der Waals surface area contributed by atoms with Gasteiger partial charge in [0.1, 0.15) is 0 Å². The number of amides is 1. The number of hydrogen-bond donors (Lipinski definition) is 1. The molecule has 0 saturated heterocycles.